The molecule has 148 valence electrons. The molecule has 1 amide bonds. The first-order valence-electron chi connectivity index (χ1n) is 8.48. The van der Waals surface area contributed by atoms with Crippen LogP contribution in [0.1, 0.15) is 10.4 Å². The number of amides is 1. The van der Waals surface area contributed by atoms with E-state index in [1.165, 1.54) is 36.4 Å². The Labute approximate surface area is 162 Å². The maximum atomic E-state index is 12.5. The van der Waals surface area contributed by atoms with Crippen molar-refractivity contribution in [1.29, 1.82) is 0 Å². The van der Waals surface area contributed by atoms with E-state index in [0.717, 1.165) is 6.26 Å². The predicted molar refractivity (Wildman–Crippen MR) is 104 cm³/mol. The van der Waals surface area contributed by atoms with Gasteiger partial charge in [-0.3, -0.25) is 14.9 Å². The number of carbonyl (C=O) groups is 1. The molecule has 1 fully saturated rings. The van der Waals surface area contributed by atoms with Gasteiger partial charge in [0.1, 0.15) is 5.69 Å². The summed E-state index contributed by atoms with van der Waals surface area (Å²) in [6, 6.07) is 10.0. The Morgan fingerprint density at radius 3 is 2.36 bits per heavy atom. The Morgan fingerprint density at radius 1 is 1.14 bits per heavy atom. The molecule has 1 N–H and O–H groups in total. The van der Waals surface area contributed by atoms with Crippen molar-refractivity contribution in [2.75, 3.05) is 42.8 Å². The molecule has 1 aliphatic heterocycles. The van der Waals surface area contributed by atoms with Gasteiger partial charge in [0.2, 0.25) is 0 Å². The van der Waals surface area contributed by atoms with Crippen LogP contribution in [0.3, 0.4) is 0 Å². The van der Waals surface area contributed by atoms with Crippen LogP contribution in [0.5, 0.6) is 0 Å². The average molecular weight is 405 g/mol. The van der Waals surface area contributed by atoms with Crippen LogP contribution in [0.2, 0.25) is 0 Å². The highest BCUT2D eigenvalue weighted by Gasteiger charge is 2.23. The van der Waals surface area contributed by atoms with Gasteiger partial charge in [0.25, 0.3) is 11.6 Å². The Bertz CT molecular complexity index is 998. The fraction of sp³-hybridized carbons (Fsp3) is 0.278. The number of sulfone groups is 1. The summed E-state index contributed by atoms with van der Waals surface area (Å²) >= 11 is 0. The largest absolute Gasteiger partial charge is 0.378 e. The lowest BCUT2D eigenvalue weighted by atomic mass is 10.1. The van der Waals surface area contributed by atoms with Crippen LogP contribution in [-0.2, 0) is 14.6 Å². The lowest BCUT2D eigenvalue weighted by Gasteiger charge is -2.28. The second kappa shape index (κ2) is 7.95. The quantitative estimate of drug-likeness (QED) is 0.597. The highest BCUT2D eigenvalue weighted by Crippen LogP contribution is 2.30. The summed E-state index contributed by atoms with van der Waals surface area (Å²) in [6.45, 7) is 2.06. The number of ether oxygens (including phenoxy) is 1. The number of nitro groups is 1. The first kappa shape index (κ1) is 19.8. The average Bonchev–Trinajstić information content (AvgIpc) is 2.68. The molecule has 0 atom stereocenters. The van der Waals surface area contributed by atoms with Crippen molar-refractivity contribution >= 4 is 32.8 Å². The monoisotopic (exact) mass is 405 g/mol. The van der Waals surface area contributed by atoms with Crippen molar-refractivity contribution in [1.82, 2.24) is 0 Å². The zero-order chi connectivity index (χ0) is 20.3. The Kier molecular flexibility index (Phi) is 5.61. The molecule has 9 nitrogen and oxygen atoms in total. The first-order valence-corrected chi connectivity index (χ1v) is 10.4. The third-order valence-electron chi connectivity index (χ3n) is 4.33. The minimum Gasteiger partial charge on any atom is -0.378 e. The third kappa shape index (κ3) is 4.46. The molecule has 0 saturated carbocycles. The van der Waals surface area contributed by atoms with Gasteiger partial charge in [-0.25, -0.2) is 8.42 Å². The molecule has 3 rings (SSSR count). The van der Waals surface area contributed by atoms with Crippen LogP contribution in [0, 0.1) is 10.1 Å². The van der Waals surface area contributed by atoms with Crippen LogP contribution < -0.4 is 10.2 Å². The van der Waals surface area contributed by atoms with Crippen molar-refractivity contribution < 1.29 is 22.9 Å². The number of anilines is 2. The summed E-state index contributed by atoms with van der Waals surface area (Å²) in [5.74, 6) is -0.524. The van der Waals surface area contributed by atoms with Gasteiger partial charge >= 0.3 is 0 Å². The van der Waals surface area contributed by atoms with E-state index in [-0.39, 0.29) is 16.1 Å². The van der Waals surface area contributed by atoms with Crippen LogP contribution >= 0.6 is 0 Å². The van der Waals surface area contributed by atoms with Crippen LogP contribution in [0.15, 0.2) is 47.4 Å². The highest BCUT2D eigenvalue weighted by molar-refractivity contribution is 7.90. The van der Waals surface area contributed by atoms with E-state index >= 15 is 0 Å². The van der Waals surface area contributed by atoms with E-state index in [4.69, 9.17) is 4.74 Å². The van der Waals surface area contributed by atoms with Gasteiger partial charge in [-0.1, -0.05) is 0 Å². The molecule has 2 aromatic rings. The summed E-state index contributed by atoms with van der Waals surface area (Å²) in [6.07, 6.45) is 1.09. The number of rotatable bonds is 5. The van der Waals surface area contributed by atoms with Crippen LogP contribution in [0.25, 0.3) is 0 Å². The number of carbonyl (C=O) groups excluding carboxylic acids is 1. The number of morpholine rings is 1. The van der Waals surface area contributed by atoms with Gasteiger partial charge < -0.3 is 15.0 Å². The molecule has 1 aliphatic rings. The molecule has 1 saturated heterocycles. The summed E-state index contributed by atoms with van der Waals surface area (Å²) in [7, 11) is -3.33. The molecular formula is C18H19N3O6S. The Balaban J connectivity index is 1.81. The molecule has 0 radical (unpaired) electrons. The normalized spacial score (nSPS) is 14.5. The topological polar surface area (TPSA) is 119 Å². The van der Waals surface area contributed by atoms with E-state index in [9.17, 15) is 23.3 Å². The molecule has 2 aromatic carbocycles. The number of hydrogen-bond donors (Lipinski definition) is 1. The van der Waals surface area contributed by atoms with Gasteiger partial charge in [0, 0.05) is 36.7 Å². The summed E-state index contributed by atoms with van der Waals surface area (Å²) in [5, 5.41) is 14.1. The van der Waals surface area contributed by atoms with Crippen molar-refractivity contribution in [3.05, 3.63) is 58.1 Å². The SMILES string of the molecule is CS(=O)(=O)c1ccc(NC(=O)c2ccc(N3CCOCC3)c([N+](=O)[O-])c2)cc1. The molecule has 0 unspecified atom stereocenters. The fourth-order valence-electron chi connectivity index (χ4n) is 2.87. The standard InChI is InChI=1S/C18H19N3O6S/c1-28(25,26)15-5-3-14(4-6-15)19-18(22)13-2-7-16(17(12-13)21(23)24)20-8-10-27-11-9-20/h2-7,12H,8-11H2,1H3,(H,19,22). The number of nitro benzene ring substituents is 1. The van der Waals surface area contributed by atoms with Crippen LogP contribution in [0.4, 0.5) is 17.1 Å². The van der Waals surface area contributed by atoms with E-state index in [2.05, 4.69) is 5.32 Å². The van der Waals surface area contributed by atoms with Gasteiger partial charge in [-0.05, 0) is 36.4 Å². The molecular weight excluding hydrogens is 386 g/mol. The molecule has 0 aromatic heterocycles. The molecule has 10 heteroatoms. The zero-order valence-corrected chi connectivity index (χ0v) is 15.9. The number of hydrogen-bond acceptors (Lipinski definition) is 7. The second-order valence-corrected chi connectivity index (χ2v) is 8.33. The van der Waals surface area contributed by atoms with E-state index in [1.807, 2.05) is 4.90 Å². The smallest absolute Gasteiger partial charge is 0.293 e. The van der Waals surface area contributed by atoms with Gasteiger partial charge in [0.05, 0.1) is 23.0 Å². The molecule has 0 spiro atoms. The van der Waals surface area contributed by atoms with Crippen molar-refractivity contribution in [2.24, 2.45) is 0 Å². The maximum absolute atomic E-state index is 12.5. The number of nitrogens with one attached hydrogen (secondary N) is 1. The summed E-state index contributed by atoms with van der Waals surface area (Å²) in [5.41, 5.74) is 0.817. The van der Waals surface area contributed by atoms with Crippen LogP contribution in [-0.4, -0.2) is 51.8 Å². The van der Waals surface area contributed by atoms with Crippen molar-refractivity contribution in [2.45, 2.75) is 4.90 Å². The first-order chi connectivity index (χ1) is 13.3. The Morgan fingerprint density at radius 2 is 1.79 bits per heavy atom. The maximum Gasteiger partial charge on any atom is 0.293 e. The van der Waals surface area contributed by atoms with E-state index in [0.29, 0.717) is 37.7 Å². The van der Waals surface area contributed by atoms with Crippen molar-refractivity contribution in [3.63, 3.8) is 0 Å². The van der Waals surface area contributed by atoms with Gasteiger partial charge in [0.15, 0.2) is 9.84 Å². The highest BCUT2D eigenvalue weighted by atomic mass is 32.2. The Hall–Kier alpha value is -2.98. The van der Waals surface area contributed by atoms with Gasteiger partial charge in [-0.2, -0.15) is 0 Å². The van der Waals surface area contributed by atoms with Gasteiger partial charge in [-0.15, -0.1) is 0 Å². The lowest BCUT2D eigenvalue weighted by Crippen LogP contribution is -2.36. The number of benzene rings is 2. The summed E-state index contributed by atoms with van der Waals surface area (Å²) in [4.78, 5) is 25.4. The fourth-order valence-corrected chi connectivity index (χ4v) is 3.50. The predicted octanol–water partition coefficient (Wildman–Crippen LogP) is 2.09. The van der Waals surface area contributed by atoms with E-state index < -0.39 is 20.7 Å². The molecule has 0 aliphatic carbocycles. The third-order valence-corrected chi connectivity index (χ3v) is 5.45. The second-order valence-electron chi connectivity index (χ2n) is 6.31. The minimum atomic E-state index is -3.33. The zero-order valence-electron chi connectivity index (χ0n) is 15.1. The molecule has 1 heterocycles. The van der Waals surface area contributed by atoms with E-state index in [1.54, 1.807) is 6.07 Å². The minimum absolute atomic E-state index is 0.135. The summed E-state index contributed by atoms with van der Waals surface area (Å²) < 4.78 is 28.2. The molecule has 28 heavy (non-hydrogen) atoms. The molecule has 0 bridgehead atoms. The lowest BCUT2D eigenvalue weighted by molar-refractivity contribution is -0.384. The van der Waals surface area contributed by atoms with Crippen molar-refractivity contribution in [3.8, 4) is 0 Å². The number of nitrogens with zero attached hydrogens (tertiary/aromatic N) is 2.